The van der Waals surface area contributed by atoms with Gasteiger partial charge in [0.15, 0.2) is 17.7 Å². The minimum atomic E-state index is -0.767. The van der Waals surface area contributed by atoms with Crippen LogP contribution in [0.25, 0.3) is 0 Å². The number of pyridine rings is 1. The van der Waals surface area contributed by atoms with Crippen molar-refractivity contribution in [1.29, 1.82) is 0 Å². The quantitative estimate of drug-likeness (QED) is 0.654. The molecule has 4 rings (SSSR count). The Morgan fingerprint density at radius 1 is 1.03 bits per heavy atom. The van der Waals surface area contributed by atoms with Crippen LogP contribution in [0.1, 0.15) is 6.92 Å². The second-order valence-electron chi connectivity index (χ2n) is 7.10. The molecule has 1 unspecified atom stereocenters. The summed E-state index contributed by atoms with van der Waals surface area (Å²) in [6.45, 7) is 3.94. The summed E-state index contributed by atoms with van der Waals surface area (Å²) in [7, 11) is 0. The maximum absolute atomic E-state index is 13.8. The van der Waals surface area contributed by atoms with Crippen molar-refractivity contribution >= 4 is 23.4 Å². The van der Waals surface area contributed by atoms with E-state index < -0.39 is 11.9 Å². The van der Waals surface area contributed by atoms with Gasteiger partial charge in [-0.1, -0.05) is 18.2 Å². The number of anilines is 3. The number of halogens is 1. The number of rotatable bonds is 6. The summed E-state index contributed by atoms with van der Waals surface area (Å²) in [5.74, 6) is 1.56. The highest BCUT2D eigenvalue weighted by Gasteiger charge is 2.27. The van der Waals surface area contributed by atoms with E-state index in [1.54, 1.807) is 30.2 Å². The molecular formula is C22H23FN6O2. The highest BCUT2D eigenvalue weighted by Crippen LogP contribution is 2.20. The fourth-order valence-electron chi connectivity index (χ4n) is 3.35. The SMILES string of the molecule is CC(Oc1ccccc1F)C(=O)N1CCN(c2cc(Nc3ccccn3)ncn2)CC1. The van der Waals surface area contributed by atoms with Crippen molar-refractivity contribution in [1.82, 2.24) is 19.9 Å². The normalized spacial score (nSPS) is 14.8. The van der Waals surface area contributed by atoms with E-state index in [9.17, 15) is 9.18 Å². The van der Waals surface area contributed by atoms with E-state index in [4.69, 9.17) is 4.74 Å². The molecule has 1 aliphatic heterocycles. The van der Waals surface area contributed by atoms with E-state index >= 15 is 0 Å². The summed E-state index contributed by atoms with van der Waals surface area (Å²) >= 11 is 0. The van der Waals surface area contributed by atoms with E-state index in [1.165, 1.54) is 18.5 Å². The predicted molar refractivity (Wildman–Crippen MR) is 115 cm³/mol. The third-order valence-corrected chi connectivity index (χ3v) is 4.98. The van der Waals surface area contributed by atoms with Gasteiger partial charge in [0.2, 0.25) is 0 Å². The van der Waals surface area contributed by atoms with Crippen LogP contribution in [0, 0.1) is 5.82 Å². The van der Waals surface area contributed by atoms with Gasteiger partial charge in [-0.3, -0.25) is 4.79 Å². The van der Waals surface area contributed by atoms with Gasteiger partial charge in [-0.25, -0.2) is 19.3 Å². The molecule has 160 valence electrons. The number of amides is 1. The van der Waals surface area contributed by atoms with Crippen molar-refractivity contribution < 1.29 is 13.9 Å². The van der Waals surface area contributed by atoms with E-state index in [-0.39, 0.29) is 11.7 Å². The number of carbonyl (C=O) groups excluding carboxylic acids is 1. The molecule has 0 spiro atoms. The Bertz CT molecular complexity index is 1030. The number of hydrogen-bond donors (Lipinski definition) is 1. The molecule has 0 bridgehead atoms. The first kappa shape index (κ1) is 20.5. The summed E-state index contributed by atoms with van der Waals surface area (Å²) in [6.07, 6.45) is 2.44. The molecule has 0 aliphatic carbocycles. The molecule has 31 heavy (non-hydrogen) atoms. The molecule has 1 N–H and O–H groups in total. The van der Waals surface area contributed by atoms with Crippen LogP contribution in [0.2, 0.25) is 0 Å². The zero-order valence-electron chi connectivity index (χ0n) is 17.1. The molecule has 2 aromatic heterocycles. The van der Waals surface area contributed by atoms with Gasteiger partial charge in [0, 0.05) is 38.4 Å². The van der Waals surface area contributed by atoms with Crippen molar-refractivity contribution in [2.45, 2.75) is 13.0 Å². The van der Waals surface area contributed by atoms with Gasteiger partial charge in [0.05, 0.1) is 0 Å². The van der Waals surface area contributed by atoms with Crippen LogP contribution in [0.3, 0.4) is 0 Å². The monoisotopic (exact) mass is 422 g/mol. The topological polar surface area (TPSA) is 83.5 Å². The number of nitrogens with zero attached hydrogens (tertiary/aromatic N) is 5. The zero-order valence-corrected chi connectivity index (χ0v) is 17.1. The van der Waals surface area contributed by atoms with Crippen molar-refractivity contribution in [2.24, 2.45) is 0 Å². The first-order valence-electron chi connectivity index (χ1n) is 10.0. The highest BCUT2D eigenvalue weighted by atomic mass is 19.1. The van der Waals surface area contributed by atoms with Crippen molar-refractivity contribution in [3.63, 3.8) is 0 Å². The smallest absolute Gasteiger partial charge is 0.263 e. The molecular weight excluding hydrogens is 399 g/mol. The van der Waals surface area contributed by atoms with Crippen LogP contribution in [-0.2, 0) is 4.79 Å². The Labute approximate surface area is 179 Å². The summed E-state index contributed by atoms with van der Waals surface area (Å²) < 4.78 is 19.3. The Morgan fingerprint density at radius 2 is 1.81 bits per heavy atom. The number of nitrogens with one attached hydrogen (secondary N) is 1. The largest absolute Gasteiger partial charge is 0.478 e. The lowest BCUT2D eigenvalue weighted by molar-refractivity contribution is -0.138. The number of carbonyl (C=O) groups is 1. The second kappa shape index (κ2) is 9.38. The minimum absolute atomic E-state index is 0.0795. The molecule has 0 radical (unpaired) electrons. The number of ether oxygens (including phenoxy) is 1. The molecule has 1 fully saturated rings. The molecule has 1 amide bonds. The fraction of sp³-hybridized carbons (Fsp3) is 0.273. The average molecular weight is 422 g/mol. The van der Waals surface area contributed by atoms with Gasteiger partial charge >= 0.3 is 0 Å². The van der Waals surface area contributed by atoms with Crippen LogP contribution in [0.5, 0.6) is 5.75 Å². The maximum Gasteiger partial charge on any atom is 0.263 e. The Kier molecular flexibility index (Phi) is 6.21. The minimum Gasteiger partial charge on any atom is -0.478 e. The summed E-state index contributed by atoms with van der Waals surface area (Å²) in [6, 6.07) is 13.5. The molecule has 1 atom stereocenters. The maximum atomic E-state index is 13.8. The van der Waals surface area contributed by atoms with Crippen LogP contribution in [0.4, 0.5) is 21.8 Å². The molecule has 1 aromatic carbocycles. The lowest BCUT2D eigenvalue weighted by Gasteiger charge is -2.36. The van der Waals surface area contributed by atoms with Gasteiger partial charge in [-0.2, -0.15) is 0 Å². The number of aromatic nitrogens is 3. The number of benzene rings is 1. The van der Waals surface area contributed by atoms with Crippen LogP contribution < -0.4 is 15.0 Å². The van der Waals surface area contributed by atoms with E-state index in [0.29, 0.717) is 37.8 Å². The van der Waals surface area contributed by atoms with E-state index in [0.717, 1.165) is 5.82 Å². The summed E-state index contributed by atoms with van der Waals surface area (Å²) in [5.41, 5.74) is 0. The number of para-hydroxylation sites is 1. The van der Waals surface area contributed by atoms with Gasteiger partial charge < -0.3 is 19.9 Å². The predicted octanol–water partition coefficient (Wildman–Crippen LogP) is 2.87. The standard InChI is InChI=1S/C22H23FN6O2/c1-16(31-18-7-3-2-6-17(18)23)22(30)29-12-10-28(11-13-29)21-14-20(25-15-26-21)27-19-8-4-5-9-24-19/h2-9,14-16H,10-13H2,1H3,(H,24,25,26,27). The van der Waals surface area contributed by atoms with Crippen LogP contribution in [-0.4, -0.2) is 58.0 Å². The average Bonchev–Trinajstić information content (AvgIpc) is 2.81. The lowest BCUT2D eigenvalue weighted by Crippen LogP contribution is -2.52. The van der Waals surface area contributed by atoms with Crippen molar-refractivity contribution in [2.75, 3.05) is 36.4 Å². The lowest BCUT2D eigenvalue weighted by atomic mass is 10.2. The fourth-order valence-corrected chi connectivity index (χ4v) is 3.35. The molecule has 9 heteroatoms. The molecule has 8 nitrogen and oxygen atoms in total. The number of hydrogen-bond acceptors (Lipinski definition) is 7. The zero-order chi connectivity index (χ0) is 21.6. The third-order valence-electron chi connectivity index (χ3n) is 4.98. The first-order chi connectivity index (χ1) is 15.1. The van der Waals surface area contributed by atoms with Crippen LogP contribution in [0.15, 0.2) is 61.1 Å². The highest BCUT2D eigenvalue weighted by molar-refractivity contribution is 5.81. The van der Waals surface area contributed by atoms with Gasteiger partial charge in [0.25, 0.3) is 5.91 Å². The molecule has 0 saturated carbocycles. The summed E-state index contributed by atoms with van der Waals surface area (Å²) in [4.78, 5) is 29.4. The van der Waals surface area contributed by atoms with Crippen LogP contribution >= 0.6 is 0 Å². The molecule has 1 aliphatic rings. The van der Waals surface area contributed by atoms with Crippen molar-refractivity contribution in [3.05, 3.63) is 66.9 Å². The Balaban J connectivity index is 1.33. The number of piperazine rings is 1. The summed E-state index contributed by atoms with van der Waals surface area (Å²) in [5, 5.41) is 3.15. The Morgan fingerprint density at radius 3 is 2.55 bits per heavy atom. The van der Waals surface area contributed by atoms with E-state index in [1.807, 2.05) is 24.3 Å². The van der Waals surface area contributed by atoms with Gasteiger partial charge in [0.1, 0.15) is 23.8 Å². The van der Waals surface area contributed by atoms with Crippen molar-refractivity contribution in [3.8, 4) is 5.75 Å². The first-order valence-corrected chi connectivity index (χ1v) is 10.0. The second-order valence-corrected chi connectivity index (χ2v) is 7.10. The molecule has 3 heterocycles. The van der Waals surface area contributed by atoms with Gasteiger partial charge in [-0.05, 0) is 31.2 Å². The third kappa shape index (κ3) is 5.06. The van der Waals surface area contributed by atoms with Gasteiger partial charge in [-0.15, -0.1) is 0 Å². The Hall–Kier alpha value is -3.75. The molecule has 3 aromatic rings. The van der Waals surface area contributed by atoms with E-state index in [2.05, 4.69) is 25.2 Å². The molecule has 1 saturated heterocycles.